The third-order valence-electron chi connectivity index (χ3n) is 5.16. The fraction of sp³-hybridized carbons (Fsp3) is 0.160. The molecule has 4 rings (SSSR count). The molecule has 0 aliphatic carbocycles. The van der Waals surface area contributed by atoms with Crippen LogP contribution in [0.3, 0.4) is 0 Å². The van der Waals surface area contributed by atoms with E-state index in [1.54, 1.807) is 10.6 Å². The largest absolute Gasteiger partial charge is 0.325 e. The second kappa shape index (κ2) is 8.78. The van der Waals surface area contributed by atoms with Crippen molar-refractivity contribution in [3.05, 3.63) is 93.8 Å². The normalized spacial score (nSPS) is 10.9. The number of rotatable bonds is 5. The first-order chi connectivity index (χ1) is 14.9. The zero-order valence-corrected chi connectivity index (χ0v) is 18.5. The van der Waals surface area contributed by atoms with Gasteiger partial charge >= 0.3 is 0 Å². The van der Waals surface area contributed by atoms with Gasteiger partial charge in [0.05, 0.1) is 22.3 Å². The number of nitrogens with zero attached hydrogens (tertiary/aromatic N) is 2. The highest BCUT2D eigenvalue weighted by atomic mass is 32.2. The Morgan fingerprint density at radius 2 is 1.71 bits per heavy atom. The lowest BCUT2D eigenvalue weighted by Crippen LogP contribution is -2.23. The Morgan fingerprint density at radius 3 is 2.45 bits per heavy atom. The van der Waals surface area contributed by atoms with Crippen LogP contribution in [-0.2, 0) is 4.79 Å². The summed E-state index contributed by atoms with van der Waals surface area (Å²) in [6.07, 6.45) is 0. The van der Waals surface area contributed by atoms with Crippen LogP contribution in [0, 0.1) is 20.8 Å². The van der Waals surface area contributed by atoms with E-state index in [0.29, 0.717) is 16.1 Å². The van der Waals surface area contributed by atoms with Crippen LogP contribution in [0.15, 0.2) is 76.7 Å². The number of carbonyl (C=O) groups excluding carboxylic acids is 1. The molecule has 156 valence electrons. The summed E-state index contributed by atoms with van der Waals surface area (Å²) >= 11 is 1.25. The molecule has 3 aromatic carbocycles. The minimum atomic E-state index is -0.147. The van der Waals surface area contributed by atoms with Gasteiger partial charge in [-0.3, -0.25) is 14.2 Å². The zero-order valence-electron chi connectivity index (χ0n) is 17.7. The highest BCUT2D eigenvalue weighted by molar-refractivity contribution is 7.99. The van der Waals surface area contributed by atoms with E-state index in [1.165, 1.54) is 17.3 Å². The standard InChI is InChI=1S/C25H23N3O2S/c1-16-8-12-20(13-9-16)28-24(30)21-6-4-5-7-22(21)27-25(28)31-15-23(29)26-19-11-10-17(2)18(3)14-19/h4-14H,15H2,1-3H3,(H,26,29). The smallest absolute Gasteiger partial charge is 0.266 e. The Balaban J connectivity index is 1.65. The van der Waals surface area contributed by atoms with E-state index >= 15 is 0 Å². The van der Waals surface area contributed by atoms with Gasteiger partial charge in [0.2, 0.25) is 5.91 Å². The number of carbonyl (C=O) groups is 1. The minimum Gasteiger partial charge on any atom is -0.325 e. The lowest BCUT2D eigenvalue weighted by Gasteiger charge is -2.13. The molecule has 0 fully saturated rings. The molecule has 0 atom stereocenters. The number of aryl methyl sites for hydroxylation is 3. The van der Waals surface area contributed by atoms with E-state index in [0.717, 1.165) is 22.5 Å². The Morgan fingerprint density at radius 1 is 0.968 bits per heavy atom. The second-order valence-electron chi connectivity index (χ2n) is 7.52. The highest BCUT2D eigenvalue weighted by Crippen LogP contribution is 2.22. The Labute approximate surface area is 185 Å². The van der Waals surface area contributed by atoms with E-state index in [-0.39, 0.29) is 17.2 Å². The molecule has 1 aromatic heterocycles. The summed E-state index contributed by atoms with van der Waals surface area (Å²) in [6, 6.07) is 20.8. The Hall–Kier alpha value is -3.38. The molecule has 0 aliphatic heterocycles. The first-order valence-electron chi connectivity index (χ1n) is 10.0. The number of benzene rings is 3. The van der Waals surface area contributed by atoms with Crippen molar-refractivity contribution in [1.82, 2.24) is 9.55 Å². The molecule has 0 spiro atoms. The first-order valence-corrected chi connectivity index (χ1v) is 11.0. The Bertz CT molecular complexity index is 1330. The highest BCUT2D eigenvalue weighted by Gasteiger charge is 2.15. The topological polar surface area (TPSA) is 64.0 Å². The van der Waals surface area contributed by atoms with Gasteiger partial charge in [-0.1, -0.05) is 47.7 Å². The van der Waals surface area contributed by atoms with Crippen LogP contribution in [0.25, 0.3) is 16.6 Å². The lowest BCUT2D eigenvalue weighted by atomic mass is 10.1. The predicted molar refractivity (Wildman–Crippen MR) is 127 cm³/mol. The number of thioether (sulfide) groups is 1. The molecule has 1 amide bonds. The molecule has 1 N–H and O–H groups in total. The molecule has 0 unspecified atom stereocenters. The quantitative estimate of drug-likeness (QED) is 0.356. The van der Waals surface area contributed by atoms with Crippen molar-refractivity contribution in [1.29, 1.82) is 0 Å². The van der Waals surface area contributed by atoms with Crippen LogP contribution in [-0.4, -0.2) is 21.2 Å². The number of aromatic nitrogens is 2. The van der Waals surface area contributed by atoms with E-state index in [1.807, 2.05) is 81.4 Å². The molecule has 0 saturated carbocycles. The number of hydrogen-bond acceptors (Lipinski definition) is 4. The van der Waals surface area contributed by atoms with Crippen molar-refractivity contribution in [2.24, 2.45) is 0 Å². The summed E-state index contributed by atoms with van der Waals surface area (Å²) in [4.78, 5) is 30.5. The van der Waals surface area contributed by atoms with Gasteiger partial charge in [0, 0.05) is 5.69 Å². The Kier molecular flexibility index (Phi) is 5.91. The maximum absolute atomic E-state index is 13.2. The molecule has 0 aliphatic rings. The summed E-state index contributed by atoms with van der Waals surface area (Å²) in [5, 5.41) is 3.96. The zero-order chi connectivity index (χ0) is 22.0. The van der Waals surface area contributed by atoms with Gasteiger partial charge in [-0.25, -0.2) is 4.98 Å². The fourth-order valence-corrected chi connectivity index (χ4v) is 4.09. The van der Waals surface area contributed by atoms with Crippen molar-refractivity contribution in [2.75, 3.05) is 11.1 Å². The number of anilines is 1. The predicted octanol–water partition coefficient (Wildman–Crippen LogP) is 5.04. The molecule has 5 nitrogen and oxygen atoms in total. The van der Waals surface area contributed by atoms with E-state index < -0.39 is 0 Å². The molecular weight excluding hydrogens is 406 g/mol. The molecule has 31 heavy (non-hydrogen) atoms. The summed E-state index contributed by atoms with van der Waals surface area (Å²) in [7, 11) is 0. The van der Waals surface area contributed by atoms with Gasteiger partial charge in [-0.05, 0) is 68.3 Å². The van der Waals surface area contributed by atoms with Gasteiger partial charge in [-0.15, -0.1) is 0 Å². The molecule has 0 radical (unpaired) electrons. The summed E-state index contributed by atoms with van der Waals surface area (Å²) in [5.41, 5.74) is 5.36. The number of fused-ring (bicyclic) bond motifs is 1. The monoisotopic (exact) mass is 429 g/mol. The van der Waals surface area contributed by atoms with Crippen molar-refractivity contribution in [2.45, 2.75) is 25.9 Å². The number of para-hydroxylation sites is 1. The van der Waals surface area contributed by atoms with Gasteiger partial charge in [0.1, 0.15) is 0 Å². The van der Waals surface area contributed by atoms with E-state index in [2.05, 4.69) is 10.3 Å². The van der Waals surface area contributed by atoms with Gasteiger partial charge in [0.15, 0.2) is 5.16 Å². The fourth-order valence-electron chi connectivity index (χ4n) is 3.28. The van der Waals surface area contributed by atoms with Crippen LogP contribution in [0.4, 0.5) is 5.69 Å². The van der Waals surface area contributed by atoms with Crippen LogP contribution in [0.1, 0.15) is 16.7 Å². The summed E-state index contributed by atoms with van der Waals surface area (Å²) in [6.45, 7) is 6.05. The lowest BCUT2D eigenvalue weighted by molar-refractivity contribution is -0.113. The average molecular weight is 430 g/mol. The molecule has 1 heterocycles. The number of nitrogens with one attached hydrogen (secondary N) is 1. The van der Waals surface area contributed by atoms with Crippen molar-refractivity contribution >= 4 is 34.3 Å². The van der Waals surface area contributed by atoms with Crippen molar-refractivity contribution in [3.8, 4) is 5.69 Å². The van der Waals surface area contributed by atoms with Crippen LogP contribution in [0.2, 0.25) is 0 Å². The third kappa shape index (κ3) is 4.54. The van der Waals surface area contributed by atoms with Crippen LogP contribution >= 0.6 is 11.8 Å². The van der Waals surface area contributed by atoms with E-state index in [9.17, 15) is 9.59 Å². The van der Waals surface area contributed by atoms with Crippen LogP contribution < -0.4 is 10.9 Å². The summed E-state index contributed by atoms with van der Waals surface area (Å²) < 4.78 is 1.58. The average Bonchev–Trinajstić information content (AvgIpc) is 2.76. The van der Waals surface area contributed by atoms with Gasteiger partial charge in [-0.2, -0.15) is 0 Å². The van der Waals surface area contributed by atoms with E-state index in [4.69, 9.17) is 0 Å². The minimum absolute atomic E-state index is 0.142. The van der Waals surface area contributed by atoms with Crippen molar-refractivity contribution < 1.29 is 4.79 Å². The van der Waals surface area contributed by atoms with Gasteiger partial charge < -0.3 is 5.32 Å². The SMILES string of the molecule is Cc1ccc(-n2c(SCC(=O)Nc3ccc(C)c(C)c3)nc3ccccc3c2=O)cc1. The second-order valence-corrected chi connectivity index (χ2v) is 8.47. The first kappa shape index (κ1) is 20.9. The number of hydrogen-bond donors (Lipinski definition) is 1. The molecule has 0 bridgehead atoms. The van der Waals surface area contributed by atoms with Crippen molar-refractivity contribution in [3.63, 3.8) is 0 Å². The maximum Gasteiger partial charge on any atom is 0.266 e. The van der Waals surface area contributed by atoms with Crippen LogP contribution in [0.5, 0.6) is 0 Å². The third-order valence-corrected chi connectivity index (χ3v) is 6.10. The molecule has 4 aromatic rings. The maximum atomic E-state index is 13.2. The molecule has 0 saturated heterocycles. The summed E-state index contributed by atoms with van der Waals surface area (Å²) in [5.74, 6) is -0.00469. The van der Waals surface area contributed by atoms with Gasteiger partial charge in [0.25, 0.3) is 5.56 Å². The number of amides is 1. The molecular formula is C25H23N3O2S. The molecule has 6 heteroatoms.